The molecule has 2 nitrogen and oxygen atoms in total. The maximum Gasteiger partial charge on any atom is 0.314 e. The van der Waals surface area contributed by atoms with Crippen LogP contribution in [0.5, 0.6) is 0 Å². The number of hydrogen-bond acceptors (Lipinski definition) is 1. The zero-order valence-electron chi connectivity index (χ0n) is 6.24. The van der Waals surface area contributed by atoms with Crippen LogP contribution in [0.15, 0.2) is 24.3 Å². The third-order valence-corrected chi connectivity index (χ3v) is 1.03. The summed E-state index contributed by atoms with van der Waals surface area (Å²) in [5.74, 6) is -1.16. The van der Waals surface area contributed by atoms with Gasteiger partial charge in [0.25, 0.3) is 0 Å². The van der Waals surface area contributed by atoms with Gasteiger partial charge in [0.15, 0.2) is 0 Å². The molecule has 0 aromatic heterocycles. The SMILES string of the molecule is CC.O=C(O)C1C=CC=C1. The molecule has 1 aliphatic rings. The van der Waals surface area contributed by atoms with Crippen molar-refractivity contribution in [3.63, 3.8) is 0 Å². The Hall–Kier alpha value is -1.05. The second-order valence-corrected chi connectivity index (χ2v) is 1.63. The van der Waals surface area contributed by atoms with Crippen molar-refractivity contribution < 1.29 is 9.90 Å². The predicted molar refractivity (Wildman–Crippen MR) is 40.8 cm³/mol. The van der Waals surface area contributed by atoms with Gasteiger partial charge in [-0.3, -0.25) is 4.79 Å². The van der Waals surface area contributed by atoms with Crippen LogP contribution in [0.4, 0.5) is 0 Å². The van der Waals surface area contributed by atoms with Crippen molar-refractivity contribution in [2.75, 3.05) is 0 Å². The number of carbonyl (C=O) groups is 1. The number of aliphatic carboxylic acids is 1. The van der Waals surface area contributed by atoms with Crippen LogP contribution in [-0.4, -0.2) is 11.1 Å². The number of allylic oxidation sites excluding steroid dienone is 2. The number of carboxylic acids is 1. The zero-order chi connectivity index (χ0) is 7.98. The van der Waals surface area contributed by atoms with Gasteiger partial charge in [-0.05, 0) is 0 Å². The summed E-state index contributed by atoms with van der Waals surface area (Å²) in [5, 5.41) is 8.31. The van der Waals surface area contributed by atoms with E-state index in [9.17, 15) is 4.79 Å². The van der Waals surface area contributed by atoms with Crippen LogP contribution in [0.2, 0.25) is 0 Å². The smallest absolute Gasteiger partial charge is 0.314 e. The molecule has 0 aromatic carbocycles. The Morgan fingerprint density at radius 3 is 1.90 bits per heavy atom. The van der Waals surface area contributed by atoms with Gasteiger partial charge in [-0.1, -0.05) is 38.2 Å². The number of carboxylic acid groups (broad SMARTS) is 1. The monoisotopic (exact) mass is 140 g/mol. The number of rotatable bonds is 1. The first-order chi connectivity index (χ1) is 4.80. The Kier molecular flexibility index (Phi) is 4.29. The van der Waals surface area contributed by atoms with E-state index in [1.807, 2.05) is 13.8 Å². The predicted octanol–water partition coefficient (Wildman–Crippen LogP) is 1.84. The van der Waals surface area contributed by atoms with E-state index in [2.05, 4.69) is 0 Å². The zero-order valence-corrected chi connectivity index (χ0v) is 6.24. The summed E-state index contributed by atoms with van der Waals surface area (Å²) >= 11 is 0. The van der Waals surface area contributed by atoms with Crippen molar-refractivity contribution in [3.05, 3.63) is 24.3 Å². The summed E-state index contributed by atoms with van der Waals surface area (Å²) in [6.45, 7) is 4.00. The molecular weight excluding hydrogens is 128 g/mol. The van der Waals surface area contributed by atoms with Gasteiger partial charge in [0.05, 0.1) is 5.92 Å². The average Bonchev–Trinajstić information content (AvgIpc) is 2.42. The van der Waals surface area contributed by atoms with Crippen molar-refractivity contribution in [1.29, 1.82) is 0 Å². The lowest BCUT2D eigenvalue weighted by atomic mass is 10.2. The molecule has 0 aliphatic heterocycles. The highest BCUT2D eigenvalue weighted by atomic mass is 16.4. The molecule has 0 saturated carbocycles. The van der Waals surface area contributed by atoms with Gasteiger partial charge in [0, 0.05) is 0 Å². The molecule has 0 amide bonds. The summed E-state index contributed by atoms with van der Waals surface area (Å²) in [6, 6.07) is 0. The van der Waals surface area contributed by atoms with Gasteiger partial charge < -0.3 is 5.11 Å². The third kappa shape index (κ3) is 2.49. The second kappa shape index (κ2) is 4.79. The van der Waals surface area contributed by atoms with E-state index < -0.39 is 5.97 Å². The van der Waals surface area contributed by atoms with E-state index in [4.69, 9.17) is 5.11 Å². The van der Waals surface area contributed by atoms with Gasteiger partial charge in [-0.25, -0.2) is 0 Å². The van der Waals surface area contributed by atoms with Crippen LogP contribution in [0.3, 0.4) is 0 Å². The van der Waals surface area contributed by atoms with Gasteiger partial charge in [-0.15, -0.1) is 0 Å². The van der Waals surface area contributed by atoms with Crippen molar-refractivity contribution in [3.8, 4) is 0 Å². The van der Waals surface area contributed by atoms with Gasteiger partial charge >= 0.3 is 5.97 Å². The fraction of sp³-hybridized carbons (Fsp3) is 0.375. The van der Waals surface area contributed by atoms with Crippen LogP contribution in [0.1, 0.15) is 13.8 Å². The Balaban J connectivity index is 0.000000371. The Labute approximate surface area is 60.9 Å². The molecule has 0 radical (unpaired) electrons. The van der Waals surface area contributed by atoms with E-state index in [1.54, 1.807) is 24.3 Å². The summed E-state index contributed by atoms with van der Waals surface area (Å²) < 4.78 is 0. The molecule has 0 bridgehead atoms. The van der Waals surface area contributed by atoms with Gasteiger partial charge in [0.2, 0.25) is 0 Å². The maximum absolute atomic E-state index is 10.1. The minimum absolute atomic E-state index is 0.380. The Bertz CT molecular complexity index is 145. The lowest BCUT2D eigenvalue weighted by molar-refractivity contribution is -0.138. The largest absolute Gasteiger partial charge is 0.481 e. The first-order valence-corrected chi connectivity index (χ1v) is 3.38. The van der Waals surface area contributed by atoms with Crippen molar-refractivity contribution in [2.24, 2.45) is 5.92 Å². The minimum Gasteiger partial charge on any atom is -0.481 e. The molecule has 0 aromatic rings. The standard InChI is InChI=1S/C6H6O2.C2H6/c7-6(8)5-3-1-2-4-5;1-2/h1-5H,(H,7,8);1-2H3. The lowest BCUT2D eigenvalue weighted by Gasteiger charge is -1.91. The molecule has 0 saturated heterocycles. The van der Waals surface area contributed by atoms with Crippen LogP contribution in [-0.2, 0) is 4.79 Å². The average molecular weight is 140 g/mol. The van der Waals surface area contributed by atoms with E-state index in [0.717, 1.165) is 0 Å². The maximum atomic E-state index is 10.1. The summed E-state index contributed by atoms with van der Waals surface area (Å²) in [6.07, 6.45) is 6.75. The van der Waals surface area contributed by atoms with Crippen molar-refractivity contribution >= 4 is 5.97 Å². The van der Waals surface area contributed by atoms with Gasteiger partial charge in [0.1, 0.15) is 0 Å². The third-order valence-electron chi connectivity index (χ3n) is 1.03. The van der Waals surface area contributed by atoms with Crippen molar-refractivity contribution in [1.82, 2.24) is 0 Å². The molecule has 1 rings (SSSR count). The molecule has 1 N–H and O–H groups in total. The Morgan fingerprint density at radius 1 is 1.30 bits per heavy atom. The summed E-state index contributed by atoms with van der Waals surface area (Å²) in [4.78, 5) is 10.1. The van der Waals surface area contributed by atoms with E-state index in [0.29, 0.717) is 0 Å². The molecule has 2 heteroatoms. The summed E-state index contributed by atoms with van der Waals surface area (Å²) in [7, 11) is 0. The second-order valence-electron chi connectivity index (χ2n) is 1.63. The highest BCUT2D eigenvalue weighted by molar-refractivity contribution is 5.75. The van der Waals surface area contributed by atoms with E-state index in [-0.39, 0.29) is 5.92 Å². The molecule has 56 valence electrons. The quantitative estimate of drug-likeness (QED) is 0.603. The summed E-state index contributed by atoms with van der Waals surface area (Å²) in [5.41, 5.74) is 0. The van der Waals surface area contributed by atoms with Crippen LogP contribution in [0.25, 0.3) is 0 Å². The molecule has 0 atom stereocenters. The molecule has 0 spiro atoms. The molecule has 1 aliphatic carbocycles. The highest BCUT2D eigenvalue weighted by Crippen LogP contribution is 2.07. The molecular formula is C8H12O2. The number of hydrogen-bond donors (Lipinski definition) is 1. The van der Waals surface area contributed by atoms with Gasteiger partial charge in [-0.2, -0.15) is 0 Å². The van der Waals surface area contributed by atoms with Crippen LogP contribution >= 0.6 is 0 Å². The first-order valence-electron chi connectivity index (χ1n) is 3.38. The molecule has 0 fully saturated rings. The lowest BCUT2D eigenvalue weighted by Crippen LogP contribution is -2.05. The Morgan fingerprint density at radius 2 is 1.70 bits per heavy atom. The highest BCUT2D eigenvalue weighted by Gasteiger charge is 2.10. The molecule has 0 unspecified atom stereocenters. The fourth-order valence-electron chi connectivity index (χ4n) is 0.596. The molecule has 0 heterocycles. The van der Waals surface area contributed by atoms with Crippen molar-refractivity contribution in [2.45, 2.75) is 13.8 Å². The molecule has 10 heavy (non-hydrogen) atoms. The van der Waals surface area contributed by atoms with Crippen LogP contribution in [0, 0.1) is 5.92 Å². The first kappa shape index (κ1) is 8.95. The minimum atomic E-state index is -0.782. The topological polar surface area (TPSA) is 37.3 Å². The fourth-order valence-corrected chi connectivity index (χ4v) is 0.596. The van der Waals surface area contributed by atoms with E-state index in [1.165, 1.54) is 0 Å². The van der Waals surface area contributed by atoms with Crippen LogP contribution < -0.4 is 0 Å². The normalized spacial score (nSPS) is 14.6. The van der Waals surface area contributed by atoms with E-state index >= 15 is 0 Å².